The first kappa shape index (κ1) is 61.2. The fraction of sp³-hybridized carbons (Fsp3) is 0.622. The molecule has 8 heteroatoms. The first-order valence-electron chi connectivity index (χ1n) is 18.0. The summed E-state index contributed by atoms with van der Waals surface area (Å²) in [6, 6.07) is -0.0324. The third-order valence-corrected chi connectivity index (χ3v) is 7.29. The summed E-state index contributed by atoms with van der Waals surface area (Å²) in [4.78, 5) is 57.2. The molecule has 0 saturated carbocycles. The van der Waals surface area contributed by atoms with Gasteiger partial charge in [0.05, 0.1) is 12.7 Å². The summed E-state index contributed by atoms with van der Waals surface area (Å²) in [5, 5.41) is 0. The quantitative estimate of drug-likeness (QED) is 0.0882. The van der Waals surface area contributed by atoms with Crippen LogP contribution in [0.3, 0.4) is 0 Å². The highest BCUT2D eigenvalue weighted by Gasteiger charge is 2.29. The number of likely N-dealkylation sites (N-methyl/N-ethyl adjacent to an activating group) is 1. The van der Waals surface area contributed by atoms with Crippen molar-refractivity contribution in [3.8, 4) is 12.3 Å². The van der Waals surface area contributed by atoms with Crippen LogP contribution in [0.2, 0.25) is 0 Å². The topological polar surface area (TPSA) is 104 Å². The van der Waals surface area contributed by atoms with Gasteiger partial charge in [0.25, 0.3) is 23.6 Å². The Morgan fingerprint density at radius 2 is 1.23 bits per heavy atom. The van der Waals surface area contributed by atoms with Crippen molar-refractivity contribution in [2.24, 2.45) is 29.6 Å². The van der Waals surface area contributed by atoms with Gasteiger partial charge in [-0.05, 0) is 71.8 Å². The average molecular weight is 745 g/mol. The first-order chi connectivity index (χ1) is 23.4. The molecule has 306 valence electrons. The Morgan fingerprint density at radius 1 is 0.830 bits per heavy atom. The average Bonchev–Trinajstić information content (AvgIpc) is 3.82. The van der Waals surface area contributed by atoms with E-state index in [1.165, 1.54) is 35.7 Å². The molecule has 0 radical (unpaired) electrons. The van der Waals surface area contributed by atoms with E-state index in [9.17, 15) is 24.0 Å². The Labute approximate surface area is 327 Å². The van der Waals surface area contributed by atoms with Crippen LogP contribution in [-0.2, 0) is 28.7 Å². The number of terminal acetylenes is 1. The maximum absolute atomic E-state index is 11.2. The van der Waals surface area contributed by atoms with Gasteiger partial charge in [-0.1, -0.05) is 108 Å². The molecule has 0 N–H and O–H groups in total. The van der Waals surface area contributed by atoms with Crippen molar-refractivity contribution in [3.05, 3.63) is 59.8 Å². The fourth-order valence-electron chi connectivity index (χ4n) is 3.29. The number of carbonyl (C=O) groups is 5. The van der Waals surface area contributed by atoms with E-state index < -0.39 is 0 Å². The summed E-state index contributed by atoms with van der Waals surface area (Å²) in [6.45, 7) is 38.2. The molecule has 3 aliphatic heterocycles. The molecule has 0 bridgehead atoms. The number of ether oxygens (including phenoxy) is 1. The second-order valence-corrected chi connectivity index (χ2v) is 14.0. The van der Waals surface area contributed by atoms with Crippen LogP contribution in [0.4, 0.5) is 0 Å². The molecule has 0 aliphatic carbocycles. The highest BCUT2D eigenvalue weighted by molar-refractivity contribution is 6.16. The van der Waals surface area contributed by atoms with Gasteiger partial charge < -0.3 is 4.74 Å². The smallest absolute Gasteiger partial charge is 0.256 e. The van der Waals surface area contributed by atoms with E-state index >= 15 is 0 Å². The number of epoxide rings is 1. The lowest BCUT2D eigenvalue weighted by molar-refractivity contribution is -0.139. The van der Waals surface area contributed by atoms with Crippen molar-refractivity contribution in [1.82, 2.24) is 9.80 Å². The summed E-state index contributed by atoms with van der Waals surface area (Å²) in [5.41, 5.74) is 2.95. The van der Waals surface area contributed by atoms with Crippen molar-refractivity contribution in [1.29, 1.82) is 0 Å². The van der Waals surface area contributed by atoms with Crippen LogP contribution < -0.4 is 0 Å². The largest absolute Gasteiger partial charge is 0.373 e. The Hall–Kier alpha value is -3.83. The van der Waals surface area contributed by atoms with Gasteiger partial charge in [0.15, 0.2) is 5.78 Å². The highest BCUT2D eigenvalue weighted by atomic mass is 16.6. The third-order valence-electron chi connectivity index (χ3n) is 7.29. The molecule has 1 atom stereocenters. The van der Waals surface area contributed by atoms with Crippen molar-refractivity contribution in [2.45, 2.75) is 145 Å². The predicted octanol–water partition coefficient (Wildman–Crippen LogP) is 10.5. The summed E-state index contributed by atoms with van der Waals surface area (Å²) in [5.74, 6) is 4.14. The molecule has 3 rings (SSSR count). The molecule has 3 aliphatic rings. The van der Waals surface area contributed by atoms with Gasteiger partial charge in [-0.15, -0.1) is 18.9 Å². The lowest BCUT2D eigenvalue weighted by atomic mass is 10.0. The van der Waals surface area contributed by atoms with Gasteiger partial charge in [0.1, 0.15) is 0 Å². The minimum Gasteiger partial charge on any atom is -0.373 e. The van der Waals surface area contributed by atoms with Crippen LogP contribution in [0.25, 0.3) is 0 Å². The van der Waals surface area contributed by atoms with E-state index in [0.717, 1.165) is 28.9 Å². The van der Waals surface area contributed by atoms with Crippen molar-refractivity contribution >= 4 is 29.4 Å². The van der Waals surface area contributed by atoms with Gasteiger partial charge in [0.2, 0.25) is 0 Å². The van der Waals surface area contributed by atoms with E-state index in [0.29, 0.717) is 17.6 Å². The van der Waals surface area contributed by atoms with E-state index in [2.05, 4.69) is 60.1 Å². The van der Waals surface area contributed by atoms with Crippen LogP contribution in [0, 0.1) is 41.9 Å². The molecule has 0 aromatic rings. The minimum atomic E-state index is -0.210. The molecule has 3 heterocycles. The molecule has 8 nitrogen and oxygen atoms in total. The number of hydrogen-bond acceptors (Lipinski definition) is 6. The third kappa shape index (κ3) is 30.3. The number of ketones is 1. The summed E-state index contributed by atoms with van der Waals surface area (Å²) in [6.07, 6.45) is 15.3. The van der Waals surface area contributed by atoms with E-state index in [1.807, 2.05) is 82.2 Å². The van der Waals surface area contributed by atoms with Crippen LogP contribution in [0.5, 0.6) is 0 Å². The standard InChI is InChI=1S/C8H11NO2.C8H14O.C7H9NO2.C7H14.C5H10O.C5H8.C3H6.2CH4/c1-5(2)6-4-7(10)9(3)8(6)11;1-5-7(4)8(9)6(2)3;1-5(2)8-6(9)3-4-7(8)10;1-5-7(4)6(2)3;1-4(2)5-3-6-5;1-4-5(2)3;1-3-2;;/h4-5H,1-3H3;5-6H,1-4H3;3-5H,1-2H3;5-6H,1-4H3;4-5H,3H2,1-2H3;1,5H,2-3H3;3H,1H2,2H3;2*1H4. The Bertz CT molecular complexity index is 1230. The number of carbonyl (C=O) groups excluding carboxylic acids is 5. The summed E-state index contributed by atoms with van der Waals surface area (Å²) in [7, 11) is 1.50. The number of imide groups is 2. The van der Waals surface area contributed by atoms with E-state index in [4.69, 9.17) is 11.2 Å². The zero-order valence-corrected chi connectivity index (χ0v) is 35.3. The van der Waals surface area contributed by atoms with Crippen molar-refractivity contribution in [2.75, 3.05) is 13.7 Å². The van der Waals surface area contributed by atoms with Crippen LogP contribution in [0.15, 0.2) is 59.8 Å². The summed E-state index contributed by atoms with van der Waals surface area (Å²) >= 11 is 0. The molecule has 4 amide bonds. The maximum atomic E-state index is 11.2. The van der Waals surface area contributed by atoms with E-state index in [-0.39, 0.29) is 62.1 Å². The predicted molar refractivity (Wildman–Crippen MR) is 228 cm³/mol. The molecule has 53 heavy (non-hydrogen) atoms. The molecular formula is C45H80N2O6. The SMILES string of the molecule is C.C.C#CC(C)C.C=CC.CC(C)C1=CC(=O)N(C)C1=O.CC(C)C1CO1.CC(C)N1C(=O)C=CC1=O.CC=C(C)C(=O)C(C)C.CC=C(C)C(C)C. The lowest BCUT2D eigenvalue weighted by Gasteiger charge is -2.17. The van der Waals surface area contributed by atoms with Gasteiger partial charge in [-0.3, -0.25) is 33.8 Å². The first-order valence-corrected chi connectivity index (χ1v) is 18.0. The number of hydrogen-bond donors (Lipinski definition) is 0. The molecule has 0 spiro atoms. The van der Waals surface area contributed by atoms with Crippen LogP contribution in [-0.4, -0.2) is 65.0 Å². The molecule has 1 saturated heterocycles. The number of nitrogens with zero attached hydrogens (tertiary/aromatic N) is 2. The molecule has 1 unspecified atom stereocenters. The Balaban J connectivity index is -0.000000124. The maximum Gasteiger partial charge on any atom is 0.256 e. The van der Waals surface area contributed by atoms with Crippen molar-refractivity contribution < 1.29 is 28.7 Å². The zero-order valence-electron chi connectivity index (χ0n) is 35.3. The van der Waals surface area contributed by atoms with Gasteiger partial charge in [-0.25, -0.2) is 0 Å². The van der Waals surface area contributed by atoms with Gasteiger partial charge in [-0.2, -0.15) is 0 Å². The normalized spacial score (nSPS) is 15.5. The minimum absolute atomic E-state index is 0. The number of rotatable bonds is 6. The van der Waals surface area contributed by atoms with Crippen LogP contribution >= 0.6 is 0 Å². The second-order valence-electron chi connectivity index (χ2n) is 14.0. The Kier molecular flexibility index (Phi) is 39.2. The van der Waals surface area contributed by atoms with Gasteiger partial charge in [0, 0.05) is 48.7 Å². The lowest BCUT2D eigenvalue weighted by Crippen LogP contribution is -2.36. The zero-order chi connectivity index (χ0) is 41.2. The fourth-order valence-corrected chi connectivity index (χ4v) is 3.29. The van der Waals surface area contributed by atoms with E-state index in [1.54, 1.807) is 6.08 Å². The number of Topliss-reactive ketones (excluding diaryl/α,β-unsaturated/α-hetero) is 1. The molecule has 0 aromatic heterocycles. The molecule has 1 fully saturated rings. The highest BCUT2D eigenvalue weighted by Crippen LogP contribution is 2.19. The van der Waals surface area contributed by atoms with Crippen LogP contribution in [0.1, 0.15) is 133 Å². The second kappa shape index (κ2) is 34.0. The summed E-state index contributed by atoms with van der Waals surface area (Å²) < 4.78 is 4.97. The van der Waals surface area contributed by atoms with Crippen molar-refractivity contribution in [3.63, 3.8) is 0 Å². The van der Waals surface area contributed by atoms with Gasteiger partial charge >= 0.3 is 0 Å². The molecule has 0 aromatic carbocycles. The molecular weight excluding hydrogens is 665 g/mol. The number of allylic oxidation sites excluding steroid dienone is 5. The Morgan fingerprint density at radius 3 is 1.32 bits per heavy atom. The monoisotopic (exact) mass is 745 g/mol. The number of amides is 4.